The molecular formula is C18H27N5O3. The fraction of sp³-hybridized carbons (Fsp3) is 0.611. The molecule has 0 aliphatic carbocycles. The van der Waals surface area contributed by atoms with Gasteiger partial charge in [0, 0.05) is 65.0 Å². The number of aromatic nitrogens is 2. The highest BCUT2D eigenvalue weighted by atomic mass is 16.2. The topological polar surface area (TPSA) is 86.7 Å². The first kappa shape index (κ1) is 19.8. The Kier molecular flexibility index (Phi) is 7.06. The molecule has 1 aliphatic heterocycles. The second kappa shape index (κ2) is 9.26. The third-order valence-electron chi connectivity index (χ3n) is 4.33. The fourth-order valence-electron chi connectivity index (χ4n) is 2.95. The van der Waals surface area contributed by atoms with E-state index < -0.39 is 0 Å². The highest BCUT2D eigenvalue weighted by molar-refractivity contribution is 5.92. The maximum atomic E-state index is 12.6. The van der Waals surface area contributed by atoms with Crippen LogP contribution in [0.1, 0.15) is 37.7 Å². The predicted octanol–water partition coefficient (Wildman–Crippen LogP) is 0.656. The summed E-state index contributed by atoms with van der Waals surface area (Å²) in [6, 6.07) is 0. The summed E-state index contributed by atoms with van der Waals surface area (Å²) in [5, 5.41) is 0. The quantitative estimate of drug-likeness (QED) is 0.743. The van der Waals surface area contributed by atoms with E-state index in [-0.39, 0.29) is 35.8 Å². The molecule has 3 amide bonds. The summed E-state index contributed by atoms with van der Waals surface area (Å²) < 4.78 is 0. The average molecular weight is 361 g/mol. The summed E-state index contributed by atoms with van der Waals surface area (Å²) in [7, 11) is 0. The molecule has 8 nitrogen and oxygen atoms in total. The van der Waals surface area contributed by atoms with Crippen molar-refractivity contribution >= 4 is 17.7 Å². The SMILES string of the molecule is CC(=O)N1CCN(C(=O)CCN(CC(C)C)C(=O)c2cnccn2)CC1. The van der Waals surface area contributed by atoms with Gasteiger partial charge in [-0.1, -0.05) is 13.8 Å². The average Bonchev–Trinajstić information content (AvgIpc) is 2.64. The minimum atomic E-state index is -0.207. The maximum Gasteiger partial charge on any atom is 0.274 e. The number of amides is 3. The van der Waals surface area contributed by atoms with Gasteiger partial charge in [0.1, 0.15) is 5.69 Å². The largest absolute Gasteiger partial charge is 0.339 e. The number of hydrogen-bond donors (Lipinski definition) is 0. The lowest BCUT2D eigenvalue weighted by Gasteiger charge is -2.34. The van der Waals surface area contributed by atoms with Crippen molar-refractivity contribution in [2.24, 2.45) is 5.92 Å². The molecule has 8 heteroatoms. The summed E-state index contributed by atoms with van der Waals surface area (Å²) in [4.78, 5) is 49.7. The van der Waals surface area contributed by atoms with Crippen LogP contribution in [0.2, 0.25) is 0 Å². The van der Waals surface area contributed by atoms with Crippen LogP contribution < -0.4 is 0 Å². The van der Waals surface area contributed by atoms with E-state index in [9.17, 15) is 14.4 Å². The molecule has 0 N–H and O–H groups in total. The summed E-state index contributed by atoms with van der Waals surface area (Å²) in [6.07, 6.45) is 4.71. The van der Waals surface area contributed by atoms with Crippen molar-refractivity contribution in [1.82, 2.24) is 24.7 Å². The smallest absolute Gasteiger partial charge is 0.274 e. The zero-order chi connectivity index (χ0) is 19.1. The molecule has 0 radical (unpaired) electrons. The van der Waals surface area contributed by atoms with Gasteiger partial charge in [-0.2, -0.15) is 0 Å². The van der Waals surface area contributed by atoms with Crippen LogP contribution in [0.5, 0.6) is 0 Å². The monoisotopic (exact) mass is 361 g/mol. The molecule has 142 valence electrons. The third-order valence-corrected chi connectivity index (χ3v) is 4.33. The van der Waals surface area contributed by atoms with Gasteiger partial charge < -0.3 is 14.7 Å². The molecule has 0 spiro atoms. The predicted molar refractivity (Wildman–Crippen MR) is 96.2 cm³/mol. The van der Waals surface area contributed by atoms with Crippen LogP contribution in [-0.4, -0.2) is 81.7 Å². The number of carbonyl (C=O) groups is 3. The van der Waals surface area contributed by atoms with Gasteiger partial charge in [-0.25, -0.2) is 4.98 Å². The molecule has 1 saturated heterocycles. The minimum absolute atomic E-state index is 0.00824. The zero-order valence-corrected chi connectivity index (χ0v) is 15.7. The molecule has 1 fully saturated rings. The van der Waals surface area contributed by atoms with Crippen LogP contribution in [0.4, 0.5) is 0 Å². The number of carbonyl (C=O) groups excluding carboxylic acids is 3. The number of piperazine rings is 1. The Bertz CT molecular complexity index is 627. The molecule has 1 aromatic rings. The van der Waals surface area contributed by atoms with E-state index in [2.05, 4.69) is 9.97 Å². The van der Waals surface area contributed by atoms with Crippen molar-refractivity contribution in [3.05, 3.63) is 24.3 Å². The van der Waals surface area contributed by atoms with Crippen molar-refractivity contribution in [1.29, 1.82) is 0 Å². The molecule has 26 heavy (non-hydrogen) atoms. The molecular weight excluding hydrogens is 334 g/mol. The van der Waals surface area contributed by atoms with Crippen molar-refractivity contribution in [3.8, 4) is 0 Å². The van der Waals surface area contributed by atoms with Crippen LogP contribution in [0.15, 0.2) is 18.6 Å². The van der Waals surface area contributed by atoms with Gasteiger partial charge in [-0.15, -0.1) is 0 Å². The van der Waals surface area contributed by atoms with E-state index in [0.29, 0.717) is 39.3 Å². The molecule has 1 aromatic heterocycles. The highest BCUT2D eigenvalue weighted by Crippen LogP contribution is 2.09. The number of rotatable bonds is 6. The van der Waals surface area contributed by atoms with Gasteiger partial charge >= 0.3 is 0 Å². The minimum Gasteiger partial charge on any atom is -0.339 e. The van der Waals surface area contributed by atoms with Gasteiger partial charge in [0.25, 0.3) is 5.91 Å². The highest BCUT2D eigenvalue weighted by Gasteiger charge is 2.24. The molecule has 0 bridgehead atoms. The molecule has 0 saturated carbocycles. The van der Waals surface area contributed by atoms with Crippen molar-refractivity contribution in [2.75, 3.05) is 39.3 Å². The first-order chi connectivity index (χ1) is 12.4. The lowest BCUT2D eigenvalue weighted by Crippen LogP contribution is -2.50. The lowest BCUT2D eigenvalue weighted by atomic mass is 10.2. The van der Waals surface area contributed by atoms with E-state index in [1.54, 1.807) is 21.6 Å². The van der Waals surface area contributed by atoms with Gasteiger partial charge in [0.15, 0.2) is 0 Å². The maximum absolute atomic E-state index is 12.6. The standard InChI is InChI=1S/C18H27N5O3/c1-14(2)13-23(18(26)16-12-19-5-6-20-16)7-4-17(25)22-10-8-21(9-11-22)15(3)24/h5-6,12,14H,4,7-11,13H2,1-3H3. The molecule has 0 unspecified atom stereocenters. The van der Waals surface area contributed by atoms with Gasteiger partial charge in [-0.05, 0) is 5.92 Å². The summed E-state index contributed by atoms with van der Waals surface area (Å²) in [5.41, 5.74) is 0.288. The summed E-state index contributed by atoms with van der Waals surface area (Å²) in [5.74, 6) is 0.120. The van der Waals surface area contributed by atoms with E-state index in [4.69, 9.17) is 0 Å². The van der Waals surface area contributed by atoms with Crippen LogP contribution >= 0.6 is 0 Å². The van der Waals surface area contributed by atoms with Crippen LogP contribution in [0.25, 0.3) is 0 Å². The van der Waals surface area contributed by atoms with Crippen molar-refractivity contribution in [2.45, 2.75) is 27.2 Å². The molecule has 1 aliphatic rings. The van der Waals surface area contributed by atoms with Gasteiger partial charge in [0.05, 0.1) is 6.20 Å². The number of nitrogens with zero attached hydrogens (tertiary/aromatic N) is 5. The Hall–Kier alpha value is -2.51. The third kappa shape index (κ3) is 5.50. The van der Waals surface area contributed by atoms with Crippen molar-refractivity contribution < 1.29 is 14.4 Å². The fourth-order valence-corrected chi connectivity index (χ4v) is 2.95. The van der Waals surface area contributed by atoms with E-state index >= 15 is 0 Å². The van der Waals surface area contributed by atoms with E-state index in [1.807, 2.05) is 13.8 Å². The molecule has 2 rings (SSSR count). The summed E-state index contributed by atoms with van der Waals surface area (Å²) in [6.45, 7) is 8.71. The Balaban J connectivity index is 1.91. The zero-order valence-electron chi connectivity index (χ0n) is 15.7. The summed E-state index contributed by atoms with van der Waals surface area (Å²) >= 11 is 0. The molecule has 0 aromatic carbocycles. The van der Waals surface area contributed by atoms with Crippen LogP contribution in [0.3, 0.4) is 0 Å². The first-order valence-electron chi connectivity index (χ1n) is 8.97. The molecule has 0 atom stereocenters. The second-order valence-electron chi connectivity index (χ2n) is 6.87. The Morgan fingerprint density at radius 3 is 2.31 bits per heavy atom. The Morgan fingerprint density at radius 1 is 1.12 bits per heavy atom. The van der Waals surface area contributed by atoms with E-state index in [1.165, 1.54) is 18.6 Å². The second-order valence-corrected chi connectivity index (χ2v) is 6.87. The number of hydrogen-bond acceptors (Lipinski definition) is 5. The molecule has 2 heterocycles. The van der Waals surface area contributed by atoms with Crippen LogP contribution in [0, 0.1) is 5.92 Å². The van der Waals surface area contributed by atoms with Crippen LogP contribution in [-0.2, 0) is 9.59 Å². The Labute approximate surface area is 154 Å². The van der Waals surface area contributed by atoms with E-state index in [0.717, 1.165) is 0 Å². The first-order valence-corrected chi connectivity index (χ1v) is 8.97. The Morgan fingerprint density at radius 2 is 1.77 bits per heavy atom. The lowest BCUT2D eigenvalue weighted by molar-refractivity contribution is -0.138. The van der Waals surface area contributed by atoms with Gasteiger partial charge in [-0.3, -0.25) is 19.4 Å². The normalized spacial score (nSPS) is 14.5. The van der Waals surface area contributed by atoms with Crippen molar-refractivity contribution in [3.63, 3.8) is 0 Å². The van der Waals surface area contributed by atoms with Gasteiger partial charge in [0.2, 0.25) is 11.8 Å².